The van der Waals surface area contributed by atoms with Gasteiger partial charge in [0.2, 0.25) is 11.8 Å². The summed E-state index contributed by atoms with van der Waals surface area (Å²) >= 11 is 2.04. The van der Waals surface area contributed by atoms with E-state index >= 15 is 0 Å². The highest BCUT2D eigenvalue weighted by atomic mass is 127. The van der Waals surface area contributed by atoms with Crippen LogP contribution in [0.1, 0.15) is 27.2 Å². The molecule has 0 aliphatic rings. The van der Waals surface area contributed by atoms with Gasteiger partial charge in [0, 0.05) is 33.5 Å². The summed E-state index contributed by atoms with van der Waals surface area (Å²) in [5.41, 5.74) is 0. The fourth-order valence-corrected chi connectivity index (χ4v) is 1.69. The van der Waals surface area contributed by atoms with Gasteiger partial charge in [-0.3, -0.25) is 14.4 Å². The van der Waals surface area contributed by atoms with Gasteiger partial charge in [0.25, 0.3) is 0 Å². The first-order valence-electron chi connectivity index (χ1n) is 6.49. The van der Waals surface area contributed by atoms with Gasteiger partial charge in [-0.15, -0.1) is 0 Å². The molecule has 0 spiro atoms. The van der Waals surface area contributed by atoms with Crippen molar-refractivity contribution >= 4 is 40.2 Å². The number of amides is 2. The highest BCUT2D eigenvalue weighted by Gasteiger charge is 2.32. The van der Waals surface area contributed by atoms with Crippen molar-refractivity contribution < 1.29 is 14.4 Å². The van der Waals surface area contributed by atoms with Crippen LogP contribution in [-0.2, 0) is 14.4 Å². The first-order valence-corrected chi connectivity index (χ1v) is 7.57. The molecule has 0 aromatic heterocycles. The molecule has 0 rings (SSSR count). The SMILES string of the molecule is CNCCNC(=O)C(CC(=O)C(C)(C)I)N(C)C(C)=O. The summed E-state index contributed by atoms with van der Waals surface area (Å²) in [6.07, 6.45) is 0.0252. The summed E-state index contributed by atoms with van der Waals surface area (Å²) < 4.78 is -0.557. The number of hydrogen-bond donors (Lipinski definition) is 2. The zero-order valence-electron chi connectivity index (χ0n) is 12.7. The molecule has 0 aromatic carbocycles. The van der Waals surface area contributed by atoms with Gasteiger partial charge in [0.15, 0.2) is 5.78 Å². The number of carbonyl (C=O) groups excluding carboxylic acids is 3. The van der Waals surface area contributed by atoms with Crippen LogP contribution in [0.4, 0.5) is 0 Å². The number of hydrogen-bond acceptors (Lipinski definition) is 4. The lowest BCUT2D eigenvalue weighted by atomic mass is 10.00. The number of nitrogens with one attached hydrogen (secondary N) is 2. The van der Waals surface area contributed by atoms with E-state index in [-0.39, 0.29) is 24.0 Å². The van der Waals surface area contributed by atoms with Gasteiger partial charge >= 0.3 is 0 Å². The summed E-state index contributed by atoms with van der Waals surface area (Å²) in [6.45, 7) is 6.06. The highest BCUT2D eigenvalue weighted by Crippen LogP contribution is 2.21. The van der Waals surface area contributed by atoms with E-state index in [9.17, 15) is 14.4 Å². The predicted molar refractivity (Wildman–Crippen MR) is 86.9 cm³/mol. The van der Waals surface area contributed by atoms with Crippen molar-refractivity contribution in [2.45, 2.75) is 36.7 Å². The molecule has 6 nitrogen and oxygen atoms in total. The van der Waals surface area contributed by atoms with E-state index in [1.807, 2.05) is 22.6 Å². The Kier molecular flexibility index (Phi) is 8.26. The van der Waals surface area contributed by atoms with Crippen molar-refractivity contribution in [3.05, 3.63) is 0 Å². The third kappa shape index (κ3) is 6.65. The number of carbonyl (C=O) groups is 3. The zero-order valence-corrected chi connectivity index (χ0v) is 14.9. The summed E-state index contributed by atoms with van der Waals surface area (Å²) in [4.78, 5) is 37.0. The number of Topliss-reactive ketones (excluding diaryl/α,β-unsaturated/α-hetero) is 1. The van der Waals surface area contributed by atoms with Crippen LogP contribution in [0.25, 0.3) is 0 Å². The minimum atomic E-state index is -0.758. The molecule has 0 bridgehead atoms. The Morgan fingerprint density at radius 3 is 2.20 bits per heavy atom. The minimum Gasteiger partial charge on any atom is -0.353 e. The van der Waals surface area contributed by atoms with E-state index in [2.05, 4.69) is 10.6 Å². The van der Waals surface area contributed by atoms with Crippen LogP contribution in [0, 0.1) is 0 Å². The van der Waals surface area contributed by atoms with Gasteiger partial charge in [0.1, 0.15) is 6.04 Å². The van der Waals surface area contributed by atoms with Crippen LogP contribution in [-0.4, -0.2) is 59.1 Å². The first kappa shape index (κ1) is 19.3. The zero-order chi connectivity index (χ0) is 15.9. The molecule has 7 heteroatoms. The van der Waals surface area contributed by atoms with E-state index < -0.39 is 9.46 Å². The molecule has 0 saturated heterocycles. The summed E-state index contributed by atoms with van der Waals surface area (Å²) in [5, 5.41) is 5.64. The molecule has 0 radical (unpaired) electrons. The quantitative estimate of drug-likeness (QED) is 0.352. The fourth-order valence-electron chi connectivity index (χ4n) is 1.47. The van der Waals surface area contributed by atoms with Crippen molar-refractivity contribution in [2.24, 2.45) is 0 Å². The van der Waals surface area contributed by atoms with Crippen molar-refractivity contribution in [3.63, 3.8) is 0 Å². The Labute approximate surface area is 134 Å². The molecule has 0 aliphatic carbocycles. The Morgan fingerprint density at radius 2 is 1.80 bits per heavy atom. The van der Waals surface area contributed by atoms with Gasteiger partial charge in [0.05, 0.1) is 3.42 Å². The van der Waals surface area contributed by atoms with Gasteiger partial charge in [-0.2, -0.15) is 0 Å². The lowest BCUT2D eigenvalue weighted by molar-refractivity contribution is -0.139. The Balaban J connectivity index is 4.86. The van der Waals surface area contributed by atoms with Crippen LogP contribution in [0.5, 0.6) is 0 Å². The van der Waals surface area contributed by atoms with Gasteiger partial charge in [-0.1, -0.05) is 22.6 Å². The van der Waals surface area contributed by atoms with E-state index in [1.165, 1.54) is 18.9 Å². The normalized spacial score (nSPS) is 12.7. The monoisotopic (exact) mass is 397 g/mol. The second-order valence-electron chi connectivity index (χ2n) is 5.14. The molecule has 1 atom stereocenters. The van der Waals surface area contributed by atoms with Crippen molar-refractivity contribution in [1.82, 2.24) is 15.5 Å². The van der Waals surface area contributed by atoms with Gasteiger partial charge in [-0.25, -0.2) is 0 Å². The Bertz CT molecular complexity index is 366. The van der Waals surface area contributed by atoms with Crippen molar-refractivity contribution in [3.8, 4) is 0 Å². The Morgan fingerprint density at radius 1 is 1.25 bits per heavy atom. The van der Waals surface area contributed by atoms with Crippen LogP contribution >= 0.6 is 22.6 Å². The molecule has 0 fully saturated rings. The summed E-state index contributed by atoms with van der Waals surface area (Å²) in [7, 11) is 3.32. The predicted octanol–water partition coefficient (Wildman–Crippen LogP) is 0.342. The maximum absolute atomic E-state index is 12.1. The van der Waals surface area contributed by atoms with Gasteiger partial charge < -0.3 is 15.5 Å². The second-order valence-corrected chi connectivity index (χ2v) is 7.84. The van der Waals surface area contributed by atoms with E-state index in [0.717, 1.165) is 0 Å². The minimum absolute atomic E-state index is 0.0252. The van der Waals surface area contributed by atoms with Crippen LogP contribution < -0.4 is 10.6 Å². The Hall–Kier alpha value is -0.700. The first-order chi connectivity index (χ1) is 9.11. The number of ketones is 1. The third-order valence-electron chi connectivity index (χ3n) is 2.98. The molecule has 0 heterocycles. The number of nitrogens with zero attached hydrogens (tertiary/aromatic N) is 1. The van der Waals surface area contributed by atoms with E-state index in [0.29, 0.717) is 13.1 Å². The van der Waals surface area contributed by atoms with Crippen molar-refractivity contribution in [2.75, 3.05) is 27.2 Å². The maximum atomic E-state index is 12.1. The molecule has 0 aromatic rings. The topological polar surface area (TPSA) is 78.5 Å². The number of likely N-dealkylation sites (N-methyl/N-ethyl adjacent to an activating group) is 2. The standard InChI is InChI=1S/C13H24IN3O3/c1-9(18)17(5)10(8-11(19)13(2,3)14)12(20)16-7-6-15-4/h10,15H,6-8H2,1-5H3,(H,16,20). The number of halogens is 1. The number of rotatable bonds is 8. The van der Waals surface area contributed by atoms with Crippen LogP contribution in [0.15, 0.2) is 0 Å². The van der Waals surface area contributed by atoms with Crippen molar-refractivity contribution in [1.29, 1.82) is 0 Å². The number of alkyl halides is 1. The fraction of sp³-hybridized carbons (Fsp3) is 0.769. The summed E-state index contributed by atoms with van der Waals surface area (Å²) in [5.74, 6) is -0.593. The van der Waals surface area contributed by atoms with E-state index in [4.69, 9.17) is 0 Å². The highest BCUT2D eigenvalue weighted by molar-refractivity contribution is 14.1. The molecule has 0 aliphatic heterocycles. The van der Waals surface area contributed by atoms with Crippen LogP contribution in [0.2, 0.25) is 0 Å². The third-order valence-corrected chi connectivity index (χ3v) is 3.58. The molecular weight excluding hydrogens is 373 g/mol. The van der Waals surface area contributed by atoms with Crippen LogP contribution in [0.3, 0.4) is 0 Å². The molecule has 0 saturated carbocycles. The molecule has 1 unspecified atom stereocenters. The average molecular weight is 397 g/mol. The lowest BCUT2D eigenvalue weighted by Gasteiger charge is -2.27. The summed E-state index contributed by atoms with van der Waals surface area (Å²) in [6, 6.07) is -0.758. The second kappa shape index (κ2) is 8.56. The van der Waals surface area contributed by atoms with Gasteiger partial charge in [-0.05, 0) is 20.9 Å². The molecule has 116 valence electrons. The lowest BCUT2D eigenvalue weighted by Crippen LogP contribution is -2.50. The molecule has 2 N–H and O–H groups in total. The maximum Gasteiger partial charge on any atom is 0.243 e. The smallest absolute Gasteiger partial charge is 0.243 e. The largest absolute Gasteiger partial charge is 0.353 e. The molecular formula is C13H24IN3O3. The van der Waals surface area contributed by atoms with E-state index in [1.54, 1.807) is 20.9 Å². The average Bonchev–Trinajstić information content (AvgIpc) is 2.33. The molecule has 2 amide bonds. The molecule has 20 heavy (non-hydrogen) atoms.